The second-order valence-corrected chi connectivity index (χ2v) is 9.83. The highest BCUT2D eigenvalue weighted by atomic mass is 16.5. The molecule has 0 saturated heterocycles. The lowest BCUT2D eigenvalue weighted by Crippen LogP contribution is -2.42. The van der Waals surface area contributed by atoms with Gasteiger partial charge in [0.2, 0.25) is 0 Å². The number of fused-ring (bicyclic) bond motifs is 5. The molecule has 0 heterocycles. The highest BCUT2D eigenvalue weighted by Gasteiger charge is 2.54. The number of carbonyl (C=O) groups excluding carboxylic acids is 2. The zero-order valence-corrected chi connectivity index (χ0v) is 16.4. The molecule has 0 N–H and O–H groups in total. The Kier molecular flexibility index (Phi) is 4.05. The van der Waals surface area contributed by atoms with Gasteiger partial charge in [0.25, 0.3) is 0 Å². The van der Waals surface area contributed by atoms with Crippen LogP contribution in [-0.4, -0.2) is 11.8 Å². The molecular formula is C23H30O3. The van der Waals surface area contributed by atoms with Crippen LogP contribution in [0.5, 0.6) is 5.75 Å². The zero-order valence-electron chi connectivity index (χ0n) is 16.4. The minimum absolute atomic E-state index is 0.0686. The van der Waals surface area contributed by atoms with Gasteiger partial charge in [0.1, 0.15) is 11.5 Å². The lowest BCUT2D eigenvalue weighted by Gasteiger charge is -2.48. The summed E-state index contributed by atoms with van der Waals surface area (Å²) in [5, 5.41) is 0. The first-order chi connectivity index (χ1) is 12.2. The van der Waals surface area contributed by atoms with Crippen LogP contribution in [0.3, 0.4) is 0 Å². The molecule has 3 aliphatic carbocycles. The molecule has 140 valence electrons. The number of carbonyl (C=O) groups is 2. The molecule has 1 aromatic carbocycles. The Morgan fingerprint density at radius 2 is 1.92 bits per heavy atom. The van der Waals surface area contributed by atoms with E-state index in [1.165, 1.54) is 11.1 Å². The van der Waals surface area contributed by atoms with E-state index in [2.05, 4.69) is 19.1 Å². The maximum atomic E-state index is 12.4. The lowest BCUT2D eigenvalue weighted by atomic mass is 9.55. The van der Waals surface area contributed by atoms with Crippen molar-refractivity contribution in [1.82, 2.24) is 0 Å². The fraction of sp³-hybridized carbons (Fsp3) is 0.652. The van der Waals surface area contributed by atoms with E-state index in [0.29, 0.717) is 29.3 Å². The van der Waals surface area contributed by atoms with Crippen molar-refractivity contribution in [3.63, 3.8) is 0 Å². The van der Waals surface area contributed by atoms with Crippen LogP contribution in [0.15, 0.2) is 18.2 Å². The topological polar surface area (TPSA) is 43.4 Å². The van der Waals surface area contributed by atoms with Gasteiger partial charge in [-0.15, -0.1) is 0 Å². The summed E-state index contributed by atoms with van der Waals surface area (Å²) in [6, 6.07) is 6.21. The SMILES string of the molecule is CC(C)(C)C(=O)Oc1ccc2c(c1)CC[C@@H]1[C@@H]2CC[C@@]2(C)C(=O)CC[C@@H]12. The maximum absolute atomic E-state index is 12.4. The molecule has 3 aliphatic rings. The van der Waals surface area contributed by atoms with Crippen molar-refractivity contribution in [3.8, 4) is 5.75 Å². The second kappa shape index (κ2) is 5.94. The number of hydrogen-bond acceptors (Lipinski definition) is 3. The van der Waals surface area contributed by atoms with Crippen molar-refractivity contribution < 1.29 is 14.3 Å². The molecule has 4 atom stereocenters. The number of Topliss-reactive ketones (excluding diaryl/α,β-unsaturated/α-hetero) is 1. The first-order valence-electron chi connectivity index (χ1n) is 10.1. The van der Waals surface area contributed by atoms with Crippen molar-refractivity contribution in [2.24, 2.45) is 22.7 Å². The number of rotatable bonds is 1. The van der Waals surface area contributed by atoms with Gasteiger partial charge >= 0.3 is 5.97 Å². The van der Waals surface area contributed by atoms with Gasteiger partial charge in [-0.2, -0.15) is 0 Å². The fourth-order valence-electron chi connectivity index (χ4n) is 5.65. The molecule has 26 heavy (non-hydrogen) atoms. The van der Waals surface area contributed by atoms with E-state index in [1.807, 2.05) is 26.8 Å². The minimum Gasteiger partial charge on any atom is -0.426 e. The monoisotopic (exact) mass is 354 g/mol. The number of ketones is 1. The van der Waals surface area contributed by atoms with Crippen LogP contribution in [0, 0.1) is 22.7 Å². The van der Waals surface area contributed by atoms with Crippen molar-refractivity contribution in [3.05, 3.63) is 29.3 Å². The highest BCUT2D eigenvalue weighted by molar-refractivity contribution is 5.87. The van der Waals surface area contributed by atoms with E-state index in [-0.39, 0.29) is 11.4 Å². The molecule has 0 spiro atoms. The number of esters is 1. The average molecular weight is 354 g/mol. The van der Waals surface area contributed by atoms with Crippen molar-refractivity contribution in [1.29, 1.82) is 0 Å². The molecule has 0 aliphatic heterocycles. The fourth-order valence-corrected chi connectivity index (χ4v) is 5.65. The minimum atomic E-state index is -0.496. The Hall–Kier alpha value is -1.64. The number of hydrogen-bond donors (Lipinski definition) is 0. The molecule has 3 nitrogen and oxygen atoms in total. The van der Waals surface area contributed by atoms with Gasteiger partial charge in [0.05, 0.1) is 5.41 Å². The Bertz CT molecular complexity index is 757. The maximum Gasteiger partial charge on any atom is 0.316 e. The van der Waals surface area contributed by atoms with E-state index >= 15 is 0 Å². The third kappa shape index (κ3) is 2.71. The molecule has 0 amide bonds. The molecule has 0 radical (unpaired) electrons. The van der Waals surface area contributed by atoms with Crippen LogP contribution in [0.2, 0.25) is 0 Å². The zero-order chi connectivity index (χ0) is 18.7. The number of ether oxygens (including phenoxy) is 1. The second-order valence-electron chi connectivity index (χ2n) is 9.83. The van der Waals surface area contributed by atoms with Gasteiger partial charge in [0.15, 0.2) is 0 Å². The first kappa shape index (κ1) is 17.8. The molecule has 3 heteroatoms. The lowest BCUT2D eigenvalue weighted by molar-refractivity contribution is -0.143. The van der Waals surface area contributed by atoms with Gasteiger partial charge < -0.3 is 4.74 Å². The van der Waals surface area contributed by atoms with Crippen LogP contribution >= 0.6 is 0 Å². The number of benzene rings is 1. The molecule has 2 saturated carbocycles. The van der Waals surface area contributed by atoms with Crippen LogP contribution in [0.25, 0.3) is 0 Å². The van der Waals surface area contributed by atoms with Gasteiger partial charge in [-0.3, -0.25) is 9.59 Å². The average Bonchev–Trinajstić information content (AvgIpc) is 2.89. The van der Waals surface area contributed by atoms with Crippen LogP contribution in [-0.2, 0) is 16.0 Å². The third-order valence-electron chi connectivity index (χ3n) is 7.23. The number of aryl methyl sites for hydroxylation is 1. The largest absolute Gasteiger partial charge is 0.426 e. The third-order valence-corrected chi connectivity index (χ3v) is 7.23. The van der Waals surface area contributed by atoms with E-state index in [9.17, 15) is 9.59 Å². The van der Waals surface area contributed by atoms with E-state index < -0.39 is 5.41 Å². The molecule has 0 bridgehead atoms. The van der Waals surface area contributed by atoms with Crippen LogP contribution < -0.4 is 4.74 Å². The summed E-state index contributed by atoms with van der Waals surface area (Å²) in [7, 11) is 0. The summed E-state index contributed by atoms with van der Waals surface area (Å²) in [6.07, 6.45) is 6.17. The summed E-state index contributed by atoms with van der Waals surface area (Å²) in [5.41, 5.74) is 2.20. The predicted octanol–water partition coefficient (Wildman–Crippen LogP) is 5.06. The van der Waals surface area contributed by atoms with Gasteiger partial charge in [-0.25, -0.2) is 0 Å². The molecule has 4 rings (SSSR count). The van der Waals surface area contributed by atoms with Crippen molar-refractivity contribution in [2.45, 2.75) is 72.1 Å². The van der Waals surface area contributed by atoms with E-state index in [1.54, 1.807) is 0 Å². The highest BCUT2D eigenvalue weighted by Crippen LogP contribution is 2.59. The van der Waals surface area contributed by atoms with Gasteiger partial charge in [-0.05, 0) is 93.9 Å². The smallest absolute Gasteiger partial charge is 0.316 e. The van der Waals surface area contributed by atoms with Crippen LogP contribution in [0.1, 0.15) is 76.8 Å². The first-order valence-corrected chi connectivity index (χ1v) is 10.1. The summed E-state index contributed by atoms with van der Waals surface area (Å²) >= 11 is 0. The summed E-state index contributed by atoms with van der Waals surface area (Å²) in [6.45, 7) is 7.84. The Morgan fingerprint density at radius 1 is 1.15 bits per heavy atom. The molecule has 1 aromatic rings. The van der Waals surface area contributed by atoms with Crippen molar-refractivity contribution >= 4 is 11.8 Å². The summed E-state index contributed by atoms with van der Waals surface area (Å²) < 4.78 is 5.60. The Labute approximate surface area is 156 Å². The summed E-state index contributed by atoms with van der Waals surface area (Å²) in [5.74, 6) is 2.73. The molecule has 0 aromatic heterocycles. The van der Waals surface area contributed by atoms with Gasteiger partial charge in [-0.1, -0.05) is 13.0 Å². The molecule has 0 unspecified atom stereocenters. The van der Waals surface area contributed by atoms with E-state index in [0.717, 1.165) is 38.5 Å². The normalized spacial score (nSPS) is 33.2. The quantitative estimate of drug-likeness (QED) is 0.523. The Balaban J connectivity index is 1.58. The standard InChI is InChI=1S/C23H30O3/c1-22(2,3)21(25)26-15-6-8-16-14(13-15)5-7-18-17(16)11-12-23(4)19(18)9-10-20(23)24/h6,8,13,17-19H,5,7,9-12H2,1-4H3/t17-,18-,19+,23-/m1/s1. The molecule has 2 fully saturated rings. The Morgan fingerprint density at radius 3 is 2.65 bits per heavy atom. The molecular weight excluding hydrogens is 324 g/mol. The summed E-state index contributed by atoms with van der Waals surface area (Å²) in [4.78, 5) is 24.6. The van der Waals surface area contributed by atoms with Gasteiger partial charge in [0, 0.05) is 11.8 Å². The predicted molar refractivity (Wildman–Crippen MR) is 101 cm³/mol. The van der Waals surface area contributed by atoms with E-state index in [4.69, 9.17) is 4.74 Å². The van der Waals surface area contributed by atoms with Crippen LogP contribution in [0.4, 0.5) is 0 Å². The van der Waals surface area contributed by atoms with Crippen molar-refractivity contribution in [2.75, 3.05) is 0 Å².